The Kier molecular flexibility index (Phi) is 24.0. The van der Waals surface area contributed by atoms with Gasteiger partial charge in [-0.2, -0.15) is 10.5 Å². The van der Waals surface area contributed by atoms with Gasteiger partial charge in [0.1, 0.15) is 48.0 Å². The molecule has 14 aliphatic heterocycles. The molecule has 8 bridgehead atoms. The number of thioether (sulfide) groups is 2. The van der Waals surface area contributed by atoms with Crippen molar-refractivity contribution < 1.29 is 110 Å². The number of nitrogens with zero attached hydrogens (tertiary/aromatic N) is 6. The SMILES string of the molecule is C.C.C.COc1cc2c(cc1OC(=O)OC(C)(C)C)CCN[C@]21CS[C@@H]2c3c(O)c(C)c4c(c3[C@H](COC1=O)N1C2[C@H]2c3c(cc(C)c(OC)c3O)C[C@@H]([C@@H]1C#N)N2C)OCO4.COc1cc2c(cc1OC(=O)OC(C)(C)C)CCN[C@]21CS[C@@H]2c3c(OC(C)=O)c(C)c4c(c3[C@H](COC1=O)N1C2[C@H]2c3c(cc(C)c(OC)c3O)C[C@@H]([C@@H]1C#N)N2C)OCO4. The molecule has 14 heterocycles. The fourth-order valence-corrected chi connectivity index (χ4v) is 24.4. The molecule has 664 valence electrons. The fraction of sp³-hybridized carbons (Fsp3) is 0.527. The van der Waals surface area contributed by atoms with E-state index in [0.717, 1.165) is 33.4 Å². The van der Waals surface area contributed by atoms with E-state index < -0.39 is 111 Å². The predicted octanol–water partition coefficient (Wildman–Crippen LogP) is 12.9. The average Bonchev–Trinajstić information content (AvgIpc) is 0.980. The summed E-state index contributed by atoms with van der Waals surface area (Å²) in [6, 6.07) is 10.5. The van der Waals surface area contributed by atoms with Gasteiger partial charge in [-0.05, 0) is 178 Å². The van der Waals surface area contributed by atoms with Crippen molar-refractivity contribution in [2.75, 3.05) is 93.9 Å². The molecule has 14 atom stereocenters. The number of nitrogens with one attached hydrogen (secondary N) is 2. The number of ether oxygens (including phenoxy) is 15. The molecule has 6 aromatic rings. The third kappa shape index (κ3) is 14.0. The maximum Gasteiger partial charge on any atom is 0.514 e. The highest BCUT2D eigenvalue weighted by atomic mass is 32.2. The van der Waals surface area contributed by atoms with E-state index in [1.165, 1.54) is 58.9 Å². The molecule has 4 fully saturated rings. The van der Waals surface area contributed by atoms with Crippen LogP contribution in [-0.2, 0) is 70.1 Å². The van der Waals surface area contributed by atoms with Gasteiger partial charge in [0.15, 0.2) is 80.1 Å². The molecule has 20 rings (SSSR count). The number of aromatic hydroxyl groups is 3. The lowest BCUT2D eigenvalue weighted by molar-refractivity contribution is -0.158. The van der Waals surface area contributed by atoms with E-state index in [2.05, 4.69) is 42.4 Å². The maximum atomic E-state index is 15.0. The van der Waals surface area contributed by atoms with Crippen molar-refractivity contribution >= 4 is 53.7 Å². The normalized spacial score (nSPS) is 26.9. The number of phenols is 3. The number of phenolic OH excluding ortho intramolecular Hbond substituents is 3. The summed E-state index contributed by atoms with van der Waals surface area (Å²) in [6.07, 6.45) is 0.167. The summed E-state index contributed by atoms with van der Waals surface area (Å²) in [4.78, 5) is 77.3. The molecule has 4 saturated heterocycles. The largest absolute Gasteiger partial charge is 0.514 e. The number of methoxy groups -OCH3 is 4. The van der Waals surface area contributed by atoms with Gasteiger partial charge in [-0.1, -0.05) is 34.4 Å². The number of esters is 3. The lowest BCUT2D eigenvalue weighted by Gasteiger charge is -2.62. The summed E-state index contributed by atoms with van der Waals surface area (Å²) in [5.74, 6) is 2.20. The summed E-state index contributed by atoms with van der Waals surface area (Å²) >= 11 is 2.91. The van der Waals surface area contributed by atoms with Crippen molar-refractivity contribution in [2.24, 2.45) is 0 Å². The van der Waals surface area contributed by atoms with Crippen LogP contribution in [-0.4, -0.2) is 207 Å². The van der Waals surface area contributed by atoms with E-state index >= 15 is 4.79 Å². The Bertz CT molecular complexity index is 5470. The quantitative estimate of drug-likeness (QED) is 0.0429. The van der Waals surface area contributed by atoms with Crippen molar-refractivity contribution in [1.29, 1.82) is 10.5 Å². The zero-order valence-electron chi connectivity index (χ0n) is 70.4. The lowest BCUT2D eigenvalue weighted by atomic mass is 9.71. The molecule has 0 saturated carbocycles. The number of likely N-dealkylation sites (N-methyl/N-ethyl adjacent to an activating group) is 2. The lowest BCUT2D eigenvalue weighted by Crippen LogP contribution is -2.69. The minimum absolute atomic E-state index is 0. The van der Waals surface area contributed by atoms with E-state index in [0.29, 0.717) is 135 Å². The number of carbonyl (C=O) groups excluding carboxylic acids is 5. The minimum Gasteiger partial charge on any atom is -0.507 e. The van der Waals surface area contributed by atoms with Gasteiger partial charge in [0.2, 0.25) is 13.6 Å². The van der Waals surface area contributed by atoms with Crippen LogP contribution in [0.4, 0.5) is 9.59 Å². The molecule has 14 aliphatic rings. The summed E-state index contributed by atoms with van der Waals surface area (Å²) in [7, 11) is 9.94. The van der Waals surface area contributed by atoms with Crippen LogP contribution in [0.25, 0.3) is 0 Å². The van der Waals surface area contributed by atoms with Gasteiger partial charge >= 0.3 is 30.2 Å². The number of hydrogen-bond acceptors (Lipinski definition) is 33. The maximum absolute atomic E-state index is 15.0. The summed E-state index contributed by atoms with van der Waals surface area (Å²) in [5, 5.41) is 64.7. The van der Waals surface area contributed by atoms with Crippen molar-refractivity contribution in [3.63, 3.8) is 0 Å². The standard InChI is InChI=1S/C45H50N4O12S.C43H48N4O11S.3CH4/c1-20-12-24-13-26-27(16-46)49-28-17-56-42(52)45(25-15-29(54-8)30(14-23(25)10-11-47-45)60-43(53)61-44(4,5)6)18-62-41(35(49)34(48(26)7)31(24)36(51)37(20)55-9)33-32(28)40-39(57-19-58-40)21(2)38(33)59-22(3)50;1-19-11-22-12-24-25(15-44)47-26-16-54-40(50)43(23-14-27(52-7)28(13-21(23)9-10-45-43)57-41(51)58-42(3,4)5)17-59-39(31-30(26)38-37(55-18-56-38)20(2)34(31)48)33(47)32(46(24)6)29(22)35(49)36(19)53-8;;;/h12,14-15,26-28,34-35,41,47,51H,10-11,13,17-19H2,1-9H3;11,13-14,24-26,32-33,39,45,48-49H,9-10,12,16-18H2,1-8H3;3*1H4/t26-,27-,28-,34+,35?,41+,45+;24-,25-,26-,32+,33?,39+,43+;;;/m00.../s1. The van der Waals surface area contributed by atoms with Crippen LogP contribution in [0.1, 0.15) is 194 Å². The molecule has 2 unspecified atom stereocenters. The molecule has 2 spiro atoms. The summed E-state index contributed by atoms with van der Waals surface area (Å²) < 4.78 is 88.8. The highest BCUT2D eigenvalue weighted by molar-refractivity contribution is 7.99. The van der Waals surface area contributed by atoms with Gasteiger partial charge in [0.05, 0.1) is 75.2 Å². The smallest absolute Gasteiger partial charge is 0.507 e. The summed E-state index contributed by atoms with van der Waals surface area (Å²) in [6.45, 7) is 19.4. The Morgan fingerprint density at radius 1 is 0.508 bits per heavy atom. The van der Waals surface area contributed by atoms with Gasteiger partial charge in [0.25, 0.3) is 0 Å². The number of aryl methyl sites for hydroxylation is 2. The first-order chi connectivity index (χ1) is 57.7. The first kappa shape index (κ1) is 89.8. The average molecular weight is 1750 g/mol. The Labute approximate surface area is 730 Å². The van der Waals surface area contributed by atoms with Crippen molar-refractivity contribution in [1.82, 2.24) is 30.2 Å². The molecular weight excluding hydrogens is 1640 g/mol. The van der Waals surface area contributed by atoms with Crippen LogP contribution in [0.15, 0.2) is 36.4 Å². The zero-order valence-corrected chi connectivity index (χ0v) is 72.0. The molecule has 33 heteroatoms. The topological polar surface area (TPSA) is 369 Å². The van der Waals surface area contributed by atoms with Gasteiger partial charge in [0, 0.05) is 100 Å². The van der Waals surface area contributed by atoms with Crippen LogP contribution in [0.3, 0.4) is 0 Å². The Morgan fingerprint density at radius 2 is 0.911 bits per heavy atom. The zero-order chi connectivity index (χ0) is 86.0. The number of hydrogen-bond donors (Lipinski definition) is 5. The number of fused-ring (bicyclic) bond motifs is 18. The van der Waals surface area contributed by atoms with Crippen LogP contribution >= 0.6 is 23.5 Å². The van der Waals surface area contributed by atoms with E-state index in [-0.39, 0.29) is 113 Å². The molecule has 124 heavy (non-hydrogen) atoms. The van der Waals surface area contributed by atoms with Gasteiger partial charge in [-0.25, -0.2) is 19.2 Å². The highest BCUT2D eigenvalue weighted by Gasteiger charge is 2.65. The minimum atomic E-state index is -1.45. The molecule has 6 aromatic carbocycles. The number of benzene rings is 6. The molecule has 5 N–H and O–H groups in total. The molecule has 0 amide bonds. The van der Waals surface area contributed by atoms with Crippen molar-refractivity contribution in [2.45, 2.75) is 217 Å². The van der Waals surface area contributed by atoms with E-state index in [1.807, 2.05) is 47.0 Å². The number of rotatable bonds is 7. The first-order valence-corrected chi connectivity index (χ1v) is 42.4. The number of piperazine rings is 2. The van der Waals surface area contributed by atoms with Crippen molar-refractivity contribution in [3.8, 4) is 92.6 Å². The number of nitriles is 2. The monoisotopic (exact) mass is 1750 g/mol. The molecule has 0 radical (unpaired) electrons. The van der Waals surface area contributed by atoms with Gasteiger partial charge in [-0.3, -0.25) is 35.0 Å². The van der Waals surface area contributed by atoms with E-state index in [4.69, 9.17) is 71.1 Å². The fourth-order valence-electron chi connectivity index (χ4n) is 21.0. The molecule has 0 aromatic heterocycles. The molecule has 31 nitrogen and oxygen atoms in total. The van der Waals surface area contributed by atoms with Crippen LogP contribution < -0.4 is 62.7 Å². The second-order valence-electron chi connectivity index (χ2n) is 34.7. The van der Waals surface area contributed by atoms with E-state index in [1.54, 1.807) is 72.7 Å². The number of carbonyl (C=O) groups is 5. The van der Waals surface area contributed by atoms with Crippen molar-refractivity contribution in [3.05, 3.63) is 125 Å². The van der Waals surface area contributed by atoms with Gasteiger partial charge < -0.3 is 86.4 Å². The highest BCUT2D eigenvalue weighted by Crippen LogP contribution is 2.68. The molecule has 0 aliphatic carbocycles. The molecular formula is C91H110N8O23S2. The Balaban J connectivity index is 0.000000197. The van der Waals surface area contributed by atoms with Crippen LogP contribution in [0, 0.1) is 50.4 Å². The third-order valence-electron chi connectivity index (χ3n) is 25.8. The van der Waals surface area contributed by atoms with E-state index in [9.17, 15) is 45.0 Å². The Morgan fingerprint density at radius 3 is 1.31 bits per heavy atom. The Hall–Kier alpha value is -10.5. The predicted molar refractivity (Wildman–Crippen MR) is 457 cm³/mol. The van der Waals surface area contributed by atoms with Crippen LogP contribution in [0.2, 0.25) is 0 Å². The van der Waals surface area contributed by atoms with Crippen LogP contribution in [0.5, 0.6) is 80.5 Å². The second kappa shape index (κ2) is 33.1. The second-order valence-corrected chi connectivity index (χ2v) is 37.0. The van der Waals surface area contributed by atoms with Gasteiger partial charge in [-0.15, -0.1) is 23.5 Å². The summed E-state index contributed by atoms with van der Waals surface area (Å²) in [5.41, 5.74) is 6.63. The first-order valence-electron chi connectivity index (χ1n) is 40.3. The third-order valence-corrected chi connectivity index (χ3v) is 28.7.